The van der Waals surface area contributed by atoms with Gasteiger partial charge in [0.15, 0.2) is 17.5 Å². The summed E-state index contributed by atoms with van der Waals surface area (Å²) < 4.78 is 16.2. The maximum absolute atomic E-state index is 5.66. The van der Waals surface area contributed by atoms with Crippen LogP contribution >= 0.6 is 24.0 Å². The average Bonchev–Trinajstić information content (AvgIpc) is 2.68. The van der Waals surface area contributed by atoms with Crippen molar-refractivity contribution in [1.82, 2.24) is 5.32 Å². The van der Waals surface area contributed by atoms with E-state index in [-0.39, 0.29) is 24.0 Å². The molecule has 0 saturated carbocycles. The maximum atomic E-state index is 5.66. The van der Waals surface area contributed by atoms with Crippen LogP contribution in [-0.2, 0) is 6.42 Å². The number of halogens is 1. The zero-order valence-electron chi connectivity index (χ0n) is 16.2. The second-order valence-electron chi connectivity index (χ2n) is 5.48. The second-order valence-corrected chi connectivity index (χ2v) is 5.48. The number of nitrogens with zero attached hydrogens (tertiary/aromatic N) is 1. The fourth-order valence-electron chi connectivity index (χ4n) is 2.55. The van der Waals surface area contributed by atoms with E-state index in [1.54, 1.807) is 21.3 Å². The quantitative estimate of drug-likeness (QED) is 0.337. The predicted molar refractivity (Wildman–Crippen MR) is 121 cm³/mol. The van der Waals surface area contributed by atoms with E-state index in [0.29, 0.717) is 24.1 Å². The predicted octanol–water partition coefficient (Wildman–Crippen LogP) is 3.95. The highest BCUT2D eigenvalue weighted by Gasteiger charge is 2.07. The Hall–Kier alpha value is -2.16. The molecule has 0 heterocycles. The number of hydrogen-bond donors (Lipinski definition) is 2. The molecule has 0 aromatic heterocycles. The lowest BCUT2D eigenvalue weighted by atomic mass is 10.1. The Morgan fingerprint density at radius 3 is 2.41 bits per heavy atom. The van der Waals surface area contributed by atoms with Crippen molar-refractivity contribution in [2.75, 3.05) is 39.7 Å². The molecule has 0 fully saturated rings. The summed E-state index contributed by atoms with van der Waals surface area (Å²) >= 11 is 0. The smallest absolute Gasteiger partial charge is 0.195 e. The van der Waals surface area contributed by atoms with E-state index in [1.165, 1.54) is 5.56 Å². The minimum Gasteiger partial charge on any atom is -0.494 e. The molecule has 0 amide bonds. The van der Waals surface area contributed by atoms with Crippen molar-refractivity contribution in [1.29, 1.82) is 0 Å². The number of nitrogens with one attached hydrogen (secondary N) is 2. The number of methoxy groups -OCH3 is 2. The minimum absolute atomic E-state index is 0. The molecule has 0 aliphatic rings. The average molecular weight is 485 g/mol. The molecule has 0 radical (unpaired) electrons. The van der Waals surface area contributed by atoms with Crippen LogP contribution in [0.1, 0.15) is 12.5 Å². The van der Waals surface area contributed by atoms with E-state index in [0.717, 1.165) is 24.4 Å². The molecule has 7 heteroatoms. The normalized spacial score (nSPS) is 10.6. The summed E-state index contributed by atoms with van der Waals surface area (Å²) in [6.07, 6.45) is 0.836. The Bertz CT molecular complexity index is 738. The van der Waals surface area contributed by atoms with E-state index in [2.05, 4.69) is 21.7 Å². The van der Waals surface area contributed by atoms with Crippen LogP contribution in [0.25, 0.3) is 0 Å². The highest BCUT2D eigenvalue weighted by molar-refractivity contribution is 14.0. The van der Waals surface area contributed by atoms with Gasteiger partial charge in [-0.05, 0) is 37.1 Å². The Morgan fingerprint density at radius 2 is 1.74 bits per heavy atom. The first-order chi connectivity index (χ1) is 12.7. The molecule has 0 spiro atoms. The van der Waals surface area contributed by atoms with Gasteiger partial charge in [0.1, 0.15) is 5.75 Å². The number of ether oxygens (including phenoxy) is 3. The number of anilines is 1. The van der Waals surface area contributed by atoms with E-state index < -0.39 is 0 Å². The van der Waals surface area contributed by atoms with Gasteiger partial charge in [-0.3, -0.25) is 4.99 Å². The molecular weight excluding hydrogens is 457 g/mol. The van der Waals surface area contributed by atoms with Crippen molar-refractivity contribution in [3.05, 3.63) is 48.0 Å². The Balaban J connectivity index is 0.00000364. The van der Waals surface area contributed by atoms with Crippen LogP contribution in [0.5, 0.6) is 17.2 Å². The zero-order chi connectivity index (χ0) is 18.8. The van der Waals surface area contributed by atoms with Crippen molar-refractivity contribution in [3.8, 4) is 17.2 Å². The van der Waals surface area contributed by atoms with Crippen LogP contribution in [0.15, 0.2) is 47.5 Å². The lowest BCUT2D eigenvalue weighted by molar-refractivity contribution is 0.336. The molecule has 2 N–H and O–H groups in total. The number of guanidine groups is 1. The largest absolute Gasteiger partial charge is 0.494 e. The van der Waals surface area contributed by atoms with Crippen molar-refractivity contribution in [3.63, 3.8) is 0 Å². The van der Waals surface area contributed by atoms with Crippen LogP contribution < -0.4 is 24.8 Å². The van der Waals surface area contributed by atoms with E-state index >= 15 is 0 Å². The lowest BCUT2D eigenvalue weighted by Gasteiger charge is -2.15. The molecule has 0 aliphatic carbocycles. The lowest BCUT2D eigenvalue weighted by Crippen LogP contribution is -2.32. The van der Waals surface area contributed by atoms with Crippen molar-refractivity contribution in [2.45, 2.75) is 13.3 Å². The van der Waals surface area contributed by atoms with Gasteiger partial charge in [0.2, 0.25) is 0 Å². The molecule has 27 heavy (non-hydrogen) atoms. The summed E-state index contributed by atoms with van der Waals surface area (Å²) in [7, 11) is 4.97. The molecule has 0 saturated heterocycles. The molecule has 2 aromatic carbocycles. The fraction of sp³-hybridized carbons (Fsp3) is 0.350. The van der Waals surface area contributed by atoms with Crippen LogP contribution in [-0.4, -0.2) is 40.4 Å². The van der Waals surface area contributed by atoms with Gasteiger partial charge in [-0.25, -0.2) is 0 Å². The van der Waals surface area contributed by atoms with Gasteiger partial charge in [0, 0.05) is 25.3 Å². The highest BCUT2D eigenvalue weighted by Crippen LogP contribution is 2.29. The summed E-state index contributed by atoms with van der Waals surface area (Å²) in [6, 6.07) is 13.7. The van der Waals surface area contributed by atoms with Gasteiger partial charge in [-0.2, -0.15) is 0 Å². The van der Waals surface area contributed by atoms with Gasteiger partial charge in [-0.1, -0.05) is 18.2 Å². The maximum Gasteiger partial charge on any atom is 0.195 e. The zero-order valence-corrected chi connectivity index (χ0v) is 18.6. The molecule has 0 atom stereocenters. The van der Waals surface area contributed by atoms with E-state index in [4.69, 9.17) is 14.2 Å². The molecule has 0 unspecified atom stereocenters. The van der Waals surface area contributed by atoms with Gasteiger partial charge >= 0.3 is 0 Å². The van der Waals surface area contributed by atoms with Crippen LogP contribution in [0.3, 0.4) is 0 Å². The number of aliphatic imine (C=N–C) groups is 1. The van der Waals surface area contributed by atoms with Crippen molar-refractivity contribution in [2.24, 2.45) is 4.99 Å². The number of benzene rings is 2. The summed E-state index contributed by atoms with van der Waals surface area (Å²) in [4.78, 5) is 4.26. The molecule has 2 rings (SSSR count). The summed E-state index contributed by atoms with van der Waals surface area (Å²) in [5.74, 6) is 2.97. The third-order valence-electron chi connectivity index (χ3n) is 3.83. The topological polar surface area (TPSA) is 64.1 Å². The van der Waals surface area contributed by atoms with E-state index in [9.17, 15) is 0 Å². The highest BCUT2D eigenvalue weighted by atomic mass is 127. The van der Waals surface area contributed by atoms with Crippen molar-refractivity contribution >= 4 is 35.6 Å². The van der Waals surface area contributed by atoms with Crippen LogP contribution in [0.2, 0.25) is 0 Å². The fourth-order valence-corrected chi connectivity index (χ4v) is 2.55. The molecule has 0 aliphatic heterocycles. The molecular formula is C20H28IN3O3. The first kappa shape index (κ1) is 22.9. The molecule has 148 valence electrons. The first-order valence-corrected chi connectivity index (χ1v) is 8.62. The SMILES string of the molecule is CCOc1ccccc1CCNC(=NC)Nc1ccc(OC)c(OC)c1.I. The summed E-state index contributed by atoms with van der Waals surface area (Å²) in [5.41, 5.74) is 2.04. The summed E-state index contributed by atoms with van der Waals surface area (Å²) in [6.45, 7) is 3.38. The molecule has 6 nitrogen and oxygen atoms in total. The number of rotatable bonds is 8. The molecule has 0 bridgehead atoms. The van der Waals surface area contributed by atoms with Gasteiger partial charge in [-0.15, -0.1) is 24.0 Å². The third kappa shape index (κ3) is 6.82. The number of hydrogen-bond acceptors (Lipinski definition) is 4. The van der Waals surface area contributed by atoms with Gasteiger partial charge < -0.3 is 24.8 Å². The van der Waals surface area contributed by atoms with Gasteiger partial charge in [0.25, 0.3) is 0 Å². The third-order valence-corrected chi connectivity index (χ3v) is 3.83. The first-order valence-electron chi connectivity index (χ1n) is 8.62. The Labute approximate surface area is 178 Å². The van der Waals surface area contributed by atoms with Crippen LogP contribution in [0.4, 0.5) is 5.69 Å². The monoisotopic (exact) mass is 485 g/mol. The van der Waals surface area contributed by atoms with Crippen LogP contribution in [0, 0.1) is 0 Å². The molecule has 2 aromatic rings. The minimum atomic E-state index is 0. The van der Waals surface area contributed by atoms with E-state index in [1.807, 2.05) is 43.3 Å². The summed E-state index contributed by atoms with van der Waals surface area (Å²) in [5, 5.41) is 6.57. The standard InChI is InChI=1S/C20H27N3O3.HI/c1-5-26-17-9-7-6-8-15(17)12-13-22-20(21-2)23-16-10-11-18(24-3)19(14-16)25-4;/h6-11,14H,5,12-13H2,1-4H3,(H2,21,22,23);1H. The van der Waals surface area contributed by atoms with Crippen molar-refractivity contribution < 1.29 is 14.2 Å². The van der Waals surface area contributed by atoms with Gasteiger partial charge in [0.05, 0.1) is 20.8 Å². The Kier molecular flexibility index (Phi) is 10.4. The Morgan fingerprint density at radius 1 is 1.00 bits per heavy atom. The second kappa shape index (κ2) is 12.3. The number of para-hydroxylation sites is 1.